The molecule has 1 fully saturated rings. The molecule has 2 N–H and O–H groups in total. The highest BCUT2D eigenvalue weighted by molar-refractivity contribution is 6.34. The van der Waals surface area contributed by atoms with Crippen molar-refractivity contribution in [2.75, 3.05) is 11.9 Å². The Morgan fingerprint density at radius 2 is 2.00 bits per heavy atom. The van der Waals surface area contributed by atoms with Crippen LogP contribution in [0.3, 0.4) is 0 Å². The van der Waals surface area contributed by atoms with E-state index in [2.05, 4.69) is 10.6 Å². The Balaban J connectivity index is 1.77. The minimum Gasteiger partial charge on any atom is -0.329 e. The van der Waals surface area contributed by atoms with Crippen molar-refractivity contribution in [3.8, 4) is 0 Å². The van der Waals surface area contributed by atoms with Crippen LogP contribution in [0.2, 0.25) is 5.02 Å². The molecule has 0 aliphatic carbocycles. The summed E-state index contributed by atoms with van der Waals surface area (Å²) in [6.07, 6.45) is 0. The Hall–Kier alpha value is -2.93. The van der Waals surface area contributed by atoms with Crippen LogP contribution >= 0.6 is 11.6 Å². The van der Waals surface area contributed by atoms with E-state index >= 15 is 0 Å². The fourth-order valence-electron chi connectivity index (χ4n) is 2.45. The largest absolute Gasteiger partial charge is 0.329 e. The van der Waals surface area contributed by atoms with E-state index in [9.17, 15) is 18.8 Å². The smallest absolute Gasteiger partial charge is 0.324 e. The average molecular weight is 362 g/mol. The minimum atomic E-state index is -0.722. The van der Waals surface area contributed by atoms with E-state index in [1.54, 1.807) is 24.3 Å². The summed E-state index contributed by atoms with van der Waals surface area (Å²) in [5.41, 5.74) is 0.792. The fraction of sp³-hybridized carbons (Fsp3) is 0.118. The monoisotopic (exact) mass is 361 g/mol. The molecular weight excluding hydrogens is 349 g/mol. The molecule has 0 aromatic heterocycles. The second-order valence-corrected chi connectivity index (χ2v) is 5.80. The van der Waals surface area contributed by atoms with Gasteiger partial charge in [0, 0.05) is 5.69 Å². The zero-order valence-corrected chi connectivity index (χ0v) is 13.6. The van der Waals surface area contributed by atoms with Crippen molar-refractivity contribution in [2.24, 2.45) is 0 Å². The molecule has 0 atom stereocenters. The molecule has 6 nitrogen and oxygen atoms in total. The number of imide groups is 1. The molecule has 25 heavy (non-hydrogen) atoms. The van der Waals surface area contributed by atoms with Crippen LogP contribution in [0.1, 0.15) is 15.9 Å². The molecular formula is C17H13ClFN3O3. The molecule has 1 aliphatic heterocycles. The normalized spacial score (nSPS) is 13.8. The summed E-state index contributed by atoms with van der Waals surface area (Å²) in [5.74, 6) is -1.73. The van der Waals surface area contributed by atoms with Gasteiger partial charge in [-0.05, 0) is 29.8 Å². The Bertz CT molecular complexity index is 836. The van der Waals surface area contributed by atoms with Crippen LogP contribution < -0.4 is 10.6 Å². The number of carbonyl (C=O) groups excluding carboxylic acids is 3. The third-order valence-electron chi connectivity index (χ3n) is 3.65. The first-order valence-corrected chi connectivity index (χ1v) is 7.76. The van der Waals surface area contributed by atoms with Crippen LogP contribution in [-0.4, -0.2) is 29.3 Å². The number of amides is 4. The van der Waals surface area contributed by atoms with E-state index in [0.29, 0.717) is 11.3 Å². The maximum atomic E-state index is 13.8. The van der Waals surface area contributed by atoms with Gasteiger partial charge in [0.1, 0.15) is 5.82 Å². The summed E-state index contributed by atoms with van der Waals surface area (Å²) in [7, 11) is 0. The van der Waals surface area contributed by atoms with E-state index in [1.807, 2.05) is 0 Å². The predicted octanol–water partition coefficient (Wildman–Crippen LogP) is 2.78. The maximum Gasteiger partial charge on any atom is 0.324 e. The van der Waals surface area contributed by atoms with Crippen LogP contribution in [0.4, 0.5) is 14.9 Å². The first kappa shape index (κ1) is 16.9. The average Bonchev–Trinajstić information content (AvgIpc) is 2.87. The highest BCUT2D eigenvalue weighted by Crippen LogP contribution is 2.21. The van der Waals surface area contributed by atoms with Gasteiger partial charge in [0.25, 0.3) is 5.91 Å². The lowest BCUT2D eigenvalue weighted by atomic mass is 10.1. The van der Waals surface area contributed by atoms with Gasteiger partial charge in [0.05, 0.1) is 23.7 Å². The number of halogens is 2. The molecule has 0 saturated carbocycles. The number of carbonyl (C=O) groups is 3. The number of rotatable bonds is 4. The van der Waals surface area contributed by atoms with Crippen molar-refractivity contribution in [3.05, 3.63) is 64.4 Å². The third-order valence-corrected chi connectivity index (χ3v) is 3.97. The van der Waals surface area contributed by atoms with Crippen LogP contribution in [0.15, 0.2) is 42.5 Å². The zero-order chi connectivity index (χ0) is 18.0. The van der Waals surface area contributed by atoms with Gasteiger partial charge in [-0.1, -0.05) is 29.8 Å². The van der Waals surface area contributed by atoms with Crippen molar-refractivity contribution in [2.45, 2.75) is 6.54 Å². The van der Waals surface area contributed by atoms with Gasteiger partial charge in [0.2, 0.25) is 5.91 Å². The zero-order valence-electron chi connectivity index (χ0n) is 12.9. The second kappa shape index (κ2) is 6.90. The molecule has 0 spiro atoms. The standard InChI is InChI=1S/C17H13ClFN3O3/c18-12-5-2-6-13(19)15(12)16(24)21-11-4-1-3-10(7-11)9-22-14(23)8-20-17(22)25/h1-7H,8-9H2,(H,20,25)(H,21,24). The van der Waals surface area contributed by atoms with Crippen molar-refractivity contribution in [1.29, 1.82) is 0 Å². The number of hydrogen-bond acceptors (Lipinski definition) is 3. The second-order valence-electron chi connectivity index (χ2n) is 5.39. The van der Waals surface area contributed by atoms with E-state index in [4.69, 9.17) is 11.6 Å². The Kier molecular flexibility index (Phi) is 4.67. The first-order valence-electron chi connectivity index (χ1n) is 7.38. The van der Waals surface area contributed by atoms with Gasteiger partial charge < -0.3 is 10.6 Å². The van der Waals surface area contributed by atoms with Crippen molar-refractivity contribution < 1.29 is 18.8 Å². The number of urea groups is 1. The molecule has 8 heteroatoms. The van der Waals surface area contributed by atoms with Crippen molar-refractivity contribution in [1.82, 2.24) is 10.2 Å². The molecule has 4 amide bonds. The lowest BCUT2D eigenvalue weighted by Gasteiger charge is -2.13. The van der Waals surface area contributed by atoms with Crippen molar-refractivity contribution in [3.63, 3.8) is 0 Å². The highest BCUT2D eigenvalue weighted by atomic mass is 35.5. The van der Waals surface area contributed by atoms with Gasteiger partial charge in [-0.15, -0.1) is 0 Å². The van der Waals surface area contributed by atoms with Gasteiger partial charge >= 0.3 is 6.03 Å². The number of benzene rings is 2. The Morgan fingerprint density at radius 1 is 1.24 bits per heavy atom. The Morgan fingerprint density at radius 3 is 2.68 bits per heavy atom. The molecule has 2 aromatic carbocycles. The molecule has 1 heterocycles. The molecule has 0 bridgehead atoms. The van der Waals surface area contributed by atoms with Crippen LogP contribution in [-0.2, 0) is 11.3 Å². The maximum absolute atomic E-state index is 13.8. The topological polar surface area (TPSA) is 78.5 Å². The number of hydrogen-bond donors (Lipinski definition) is 2. The van der Waals surface area contributed by atoms with Crippen LogP contribution in [0.25, 0.3) is 0 Å². The van der Waals surface area contributed by atoms with E-state index in [1.165, 1.54) is 12.1 Å². The molecule has 0 radical (unpaired) electrons. The Labute approximate surface area is 147 Å². The molecule has 1 aliphatic rings. The summed E-state index contributed by atoms with van der Waals surface area (Å²) < 4.78 is 13.8. The van der Waals surface area contributed by atoms with Gasteiger partial charge in [-0.2, -0.15) is 0 Å². The summed E-state index contributed by atoms with van der Waals surface area (Å²) in [4.78, 5) is 36.5. The summed E-state index contributed by atoms with van der Waals surface area (Å²) >= 11 is 5.88. The molecule has 2 aromatic rings. The quantitative estimate of drug-likeness (QED) is 0.822. The lowest BCUT2D eigenvalue weighted by molar-refractivity contribution is -0.125. The van der Waals surface area contributed by atoms with E-state index in [-0.39, 0.29) is 29.6 Å². The number of anilines is 1. The lowest BCUT2D eigenvalue weighted by Crippen LogP contribution is -2.30. The van der Waals surface area contributed by atoms with Crippen LogP contribution in [0, 0.1) is 5.82 Å². The van der Waals surface area contributed by atoms with E-state index < -0.39 is 17.8 Å². The van der Waals surface area contributed by atoms with Crippen LogP contribution in [0.5, 0.6) is 0 Å². The highest BCUT2D eigenvalue weighted by Gasteiger charge is 2.28. The molecule has 0 unspecified atom stereocenters. The molecule has 3 rings (SSSR count). The molecule has 1 saturated heterocycles. The fourth-order valence-corrected chi connectivity index (χ4v) is 2.70. The summed E-state index contributed by atoms with van der Waals surface area (Å²) in [6.45, 7) is 0.0515. The summed E-state index contributed by atoms with van der Waals surface area (Å²) in [6, 6.07) is 10.1. The van der Waals surface area contributed by atoms with E-state index in [0.717, 1.165) is 11.0 Å². The van der Waals surface area contributed by atoms with Gasteiger partial charge in [0.15, 0.2) is 0 Å². The van der Waals surface area contributed by atoms with Gasteiger partial charge in [-0.25, -0.2) is 9.18 Å². The van der Waals surface area contributed by atoms with Crippen molar-refractivity contribution >= 4 is 35.1 Å². The third kappa shape index (κ3) is 3.61. The minimum absolute atomic E-state index is 0.00740. The predicted molar refractivity (Wildman–Crippen MR) is 89.8 cm³/mol. The first-order chi connectivity index (χ1) is 12.0. The van der Waals surface area contributed by atoms with Gasteiger partial charge in [-0.3, -0.25) is 14.5 Å². The molecule has 128 valence electrons. The summed E-state index contributed by atoms with van der Waals surface area (Å²) in [5, 5.41) is 5.00. The number of nitrogens with one attached hydrogen (secondary N) is 2. The SMILES string of the molecule is O=C(Nc1cccc(CN2C(=O)CNC2=O)c1)c1c(F)cccc1Cl. The number of nitrogens with zero attached hydrogens (tertiary/aromatic N) is 1.